The summed E-state index contributed by atoms with van der Waals surface area (Å²) in [4.78, 5) is 15.0. The number of ether oxygens (including phenoxy) is 1. The summed E-state index contributed by atoms with van der Waals surface area (Å²) in [6.45, 7) is -1.67. The highest BCUT2D eigenvalue weighted by molar-refractivity contribution is 5.96. The number of hydrogen-bond donors (Lipinski definition) is 1. The molecular weight excluding hydrogens is 354 g/mol. The summed E-state index contributed by atoms with van der Waals surface area (Å²) < 4.78 is 78.6. The molecule has 10 heteroatoms. The Bertz CT molecular complexity index is 769. The highest BCUT2D eigenvalue weighted by Gasteiger charge is 2.31. The van der Waals surface area contributed by atoms with E-state index in [0.29, 0.717) is 0 Å². The van der Waals surface area contributed by atoms with Gasteiger partial charge in [-0.3, -0.25) is 4.79 Å². The van der Waals surface area contributed by atoms with Crippen LogP contribution in [0.4, 0.5) is 26.3 Å². The molecule has 0 aliphatic heterocycles. The summed E-state index contributed by atoms with van der Waals surface area (Å²) in [5, 5.41) is 0. The molecule has 0 radical (unpaired) electrons. The Balaban J connectivity index is 2.34. The van der Waals surface area contributed by atoms with E-state index in [4.69, 9.17) is 5.73 Å². The molecule has 1 amide bonds. The molecule has 2 N–H and O–H groups in total. The number of benzene rings is 1. The molecule has 0 aliphatic carbocycles. The minimum absolute atomic E-state index is 0.196. The van der Waals surface area contributed by atoms with E-state index < -0.39 is 41.9 Å². The fourth-order valence-electron chi connectivity index (χ4n) is 1.90. The topological polar surface area (TPSA) is 65.2 Å². The lowest BCUT2D eigenvalue weighted by molar-refractivity contribution is -0.154. The van der Waals surface area contributed by atoms with Crippen LogP contribution in [0.25, 0.3) is 11.1 Å². The smallest absolute Gasteiger partial charge is 0.422 e. The predicted molar refractivity (Wildman–Crippen MR) is 74.7 cm³/mol. The summed E-state index contributed by atoms with van der Waals surface area (Å²) >= 11 is 0. The SMILES string of the molecule is NC(=O)c1cc(-c2ccc(C(F)(F)F)cc2)cnc1OCC(F)(F)F. The molecule has 0 bridgehead atoms. The molecule has 0 aliphatic rings. The van der Waals surface area contributed by atoms with E-state index >= 15 is 0 Å². The first-order chi connectivity index (χ1) is 11.5. The summed E-state index contributed by atoms with van der Waals surface area (Å²) in [6.07, 6.45) is -8.08. The lowest BCUT2D eigenvalue weighted by atomic mass is 10.0. The Morgan fingerprint density at radius 3 is 2.12 bits per heavy atom. The first-order valence-corrected chi connectivity index (χ1v) is 6.64. The molecule has 4 nitrogen and oxygen atoms in total. The van der Waals surface area contributed by atoms with Gasteiger partial charge in [0.25, 0.3) is 5.91 Å². The number of amides is 1. The van der Waals surface area contributed by atoms with Gasteiger partial charge in [0.15, 0.2) is 6.61 Å². The molecule has 134 valence electrons. The molecule has 0 fully saturated rings. The molecule has 1 aromatic carbocycles. The zero-order valence-electron chi connectivity index (χ0n) is 12.3. The summed E-state index contributed by atoms with van der Waals surface area (Å²) in [5.41, 5.74) is 4.27. The number of primary amides is 1. The van der Waals surface area contributed by atoms with Crippen molar-refractivity contribution in [1.29, 1.82) is 0 Å². The maximum atomic E-state index is 12.5. The first kappa shape index (κ1) is 18.6. The second-order valence-electron chi connectivity index (χ2n) is 4.92. The molecule has 0 spiro atoms. The molecule has 2 rings (SSSR count). The molecule has 0 unspecified atom stereocenters. The third-order valence-electron chi connectivity index (χ3n) is 3.03. The Morgan fingerprint density at radius 1 is 1.04 bits per heavy atom. The van der Waals surface area contributed by atoms with Crippen LogP contribution < -0.4 is 10.5 Å². The van der Waals surface area contributed by atoms with Crippen LogP contribution in [0.5, 0.6) is 5.88 Å². The molecule has 0 atom stereocenters. The average Bonchev–Trinajstić information content (AvgIpc) is 2.51. The van der Waals surface area contributed by atoms with Crippen LogP contribution >= 0.6 is 0 Å². The number of nitrogens with two attached hydrogens (primary N) is 1. The van der Waals surface area contributed by atoms with Crippen molar-refractivity contribution in [2.45, 2.75) is 12.4 Å². The predicted octanol–water partition coefficient (Wildman–Crippen LogP) is 3.81. The fraction of sp³-hybridized carbons (Fsp3) is 0.200. The van der Waals surface area contributed by atoms with E-state index in [1.54, 1.807) is 0 Å². The number of carbonyl (C=O) groups excluding carboxylic acids is 1. The van der Waals surface area contributed by atoms with E-state index in [9.17, 15) is 31.1 Å². The second kappa shape index (κ2) is 6.61. The van der Waals surface area contributed by atoms with Gasteiger partial charge in [-0.15, -0.1) is 0 Å². The van der Waals surface area contributed by atoms with E-state index in [-0.39, 0.29) is 11.1 Å². The zero-order valence-corrected chi connectivity index (χ0v) is 12.3. The van der Waals surface area contributed by atoms with Crippen LogP contribution in [0.3, 0.4) is 0 Å². The third-order valence-corrected chi connectivity index (χ3v) is 3.03. The summed E-state index contributed by atoms with van der Waals surface area (Å²) in [5.74, 6) is -1.70. The van der Waals surface area contributed by atoms with Gasteiger partial charge in [-0.1, -0.05) is 12.1 Å². The minimum atomic E-state index is -4.64. The Hall–Kier alpha value is -2.78. The van der Waals surface area contributed by atoms with Crippen molar-refractivity contribution in [3.05, 3.63) is 47.7 Å². The van der Waals surface area contributed by atoms with Gasteiger partial charge in [0.2, 0.25) is 5.88 Å². The largest absolute Gasteiger partial charge is 0.467 e. The van der Waals surface area contributed by atoms with Crippen LogP contribution in [-0.2, 0) is 6.18 Å². The minimum Gasteiger partial charge on any atom is -0.467 e. The fourth-order valence-corrected chi connectivity index (χ4v) is 1.90. The van der Waals surface area contributed by atoms with Crippen molar-refractivity contribution in [3.63, 3.8) is 0 Å². The van der Waals surface area contributed by atoms with Gasteiger partial charge in [-0.25, -0.2) is 4.98 Å². The number of carbonyl (C=O) groups is 1. The summed E-state index contributed by atoms with van der Waals surface area (Å²) in [6, 6.07) is 5.03. The van der Waals surface area contributed by atoms with Gasteiger partial charge in [0.05, 0.1) is 5.56 Å². The van der Waals surface area contributed by atoms with Crippen molar-refractivity contribution in [1.82, 2.24) is 4.98 Å². The van der Waals surface area contributed by atoms with E-state index in [0.717, 1.165) is 36.5 Å². The number of aromatic nitrogens is 1. The molecule has 1 heterocycles. The quantitative estimate of drug-likeness (QED) is 0.839. The average molecular weight is 364 g/mol. The van der Waals surface area contributed by atoms with Gasteiger partial charge in [0, 0.05) is 11.8 Å². The molecule has 0 saturated carbocycles. The second-order valence-corrected chi connectivity index (χ2v) is 4.92. The van der Waals surface area contributed by atoms with Gasteiger partial charge >= 0.3 is 12.4 Å². The van der Waals surface area contributed by atoms with Gasteiger partial charge < -0.3 is 10.5 Å². The highest BCUT2D eigenvalue weighted by atomic mass is 19.4. The van der Waals surface area contributed by atoms with Crippen LogP contribution in [0.15, 0.2) is 36.5 Å². The third kappa shape index (κ3) is 4.85. The van der Waals surface area contributed by atoms with Crippen molar-refractivity contribution in [2.75, 3.05) is 6.61 Å². The lowest BCUT2D eigenvalue weighted by Crippen LogP contribution is -2.22. The number of halogens is 6. The standard InChI is InChI=1S/C15H10F6N2O2/c16-14(17,18)7-25-13-11(12(22)24)5-9(6-23-13)8-1-3-10(4-2-8)15(19,20)21/h1-6H,7H2,(H2,22,24). The van der Waals surface area contributed by atoms with Crippen LogP contribution in [-0.4, -0.2) is 23.7 Å². The van der Waals surface area contributed by atoms with E-state index in [1.807, 2.05) is 0 Å². The molecule has 2 aromatic rings. The van der Waals surface area contributed by atoms with E-state index in [1.165, 1.54) is 0 Å². The number of hydrogen-bond acceptors (Lipinski definition) is 3. The van der Waals surface area contributed by atoms with Gasteiger partial charge in [-0.2, -0.15) is 26.3 Å². The number of pyridine rings is 1. The zero-order chi connectivity index (χ0) is 18.8. The van der Waals surface area contributed by atoms with Crippen LogP contribution in [0.2, 0.25) is 0 Å². The lowest BCUT2D eigenvalue weighted by Gasteiger charge is -2.12. The summed E-state index contributed by atoms with van der Waals surface area (Å²) in [7, 11) is 0. The number of nitrogens with zero attached hydrogens (tertiary/aromatic N) is 1. The van der Waals surface area contributed by atoms with Crippen molar-refractivity contribution in [3.8, 4) is 17.0 Å². The van der Waals surface area contributed by atoms with Gasteiger partial charge in [-0.05, 0) is 23.8 Å². The Morgan fingerprint density at radius 2 is 1.64 bits per heavy atom. The molecule has 1 aromatic heterocycles. The van der Waals surface area contributed by atoms with E-state index in [2.05, 4.69) is 9.72 Å². The normalized spacial score (nSPS) is 12.1. The maximum Gasteiger partial charge on any atom is 0.422 e. The van der Waals surface area contributed by atoms with Gasteiger partial charge in [0.1, 0.15) is 5.56 Å². The number of rotatable bonds is 4. The Kier molecular flexibility index (Phi) is 4.91. The maximum absolute atomic E-state index is 12.5. The highest BCUT2D eigenvalue weighted by Crippen LogP contribution is 2.31. The van der Waals surface area contributed by atoms with Crippen LogP contribution in [0.1, 0.15) is 15.9 Å². The van der Waals surface area contributed by atoms with Crippen molar-refractivity contribution in [2.24, 2.45) is 5.73 Å². The number of alkyl halides is 6. The first-order valence-electron chi connectivity index (χ1n) is 6.64. The van der Waals surface area contributed by atoms with Crippen molar-refractivity contribution >= 4 is 5.91 Å². The molecule has 0 saturated heterocycles. The van der Waals surface area contributed by atoms with Crippen LogP contribution in [0, 0.1) is 0 Å². The molecule has 25 heavy (non-hydrogen) atoms. The van der Waals surface area contributed by atoms with Crippen molar-refractivity contribution < 1.29 is 35.9 Å². The molecular formula is C15H10F6N2O2. The monoisotopic (exact) mass is 364 g/mol. The Labute approximate surface area is 137 Å².